The number of fused-ring (bicyclic) bond motifs is 6. The zero-order valence-corrected chi connectivity index (χ0v) is 37.6. The van der Waals surface area contributed by atoms with Gasteiger partial charge in [-0.1, -0.05) is 119 Å². The van der Waals surface area contributed by atoms with Crippen molar-refractivity contribution in [2.24, 2.45) is 0 Å². The molecule has 0 aromatic heterocycles. The Bertz CT molecular complexity index is 1710. The Labute approximate surface area is 359 Å². The van der Waals surface area contributed by atoms with Crippen LogP contribution in [0.5, 0.6) is 17.2 Å². The zero-order valence-electron chi connectivity index (χ0n) is 37.6. The van der Waals surface area contributed by atoms with Gasteiger partial charge in [0.1, 0.15) is 33.9 Å². The molecule has 60 heavy (non-hydrogen) atoms. The van der Waals surface area contributed by atoms with Crippen molar-refractivity contribution in [1.29, 1.82) is 0 Å². The summed E-state index contributed by atoms with van der Waals surface area (Å²) in [5.74, 6) is -0.100. The molecular formula is C51H72O9. The first-order chi connectivity index (χ1) is 29.3. The van der Waals surface area contributed by atoms with Crippen LogP contribution in [0.15, 0.2) is 36.4 Å². The van der Waals surface area contributed by atoms with Crippen LogP contribution in [-0.4, -0.2) is 57.5 Å². The Morgan fingerprint density at radius 2 is 0.533 bits per heavy atom. The zero-order chi connectivity index (χ0) is 43.1. The summed E-state index contributed by atoms with van der Waals surface area (Å²) >= 11 is 0. The predicted octanol–water partition coefficient (Wildman–Crippen LogP) is 13.9. The van der Waals surface area contributed by atoms with Crippen LogP contribution >= 0.6 is 0 Å². The summed E-state index contributed by atoms with van der Waals surface area (Å²) in [6, 6.07) is 11.2. The van der Waals surface area contributed by atoms with Gasteiger partial charge in [-0.15, -0.1) is 0 Å². The second kappa shape index (κ2) is 26.6. The van der Waals surface area contributed by atoms with E-state index < -0.39 is 17.9 Å². The molecule has 4 rings (SSSR count). The lowest BCUT2D eigenvalue weighted by atomic mass is 9.90. The van der Waals surface area contributed by atoms with Crippen LogP contribution in [0.1, 0.15) is 188 Å². The molecule has 0 N–H and O–H groups in total. The van der Waals surface area contributed by atoms with Gasteiger partial charge in [0, 0.05) is 0 Å². The van der Waals surface area contributed by atoms with Gasteiger partial charge >= 0.3 is 17.9 Å². The number of benzene rings is 4. The van der Waals surface area contributed by atoms with Crippen molar-refractivity contribution in [2.75, 3.05) is 39.6 Å². The van der Waals surface area contributed by atoms with Gasteiger partial charge in [-0.25, -0.2) is 14.4 Å². The van der Waals surface area contributed by atoms with E-state index in [-0.39, 0.29) is 0 Å². The lowest BCUT2D eigenvalue weighted by molar-refractivity contribution is 0.0484. The molecule has 4 aromatic rings. The molecule has 0 saturated heterocycles. The molecule has 0 radical (unpaired) electrons. The minimum Gasteiger partial charge on any atom is -0.493 e. The van der Waals surface area contributed by atoms with E-state index in [2.05, 4.69) is 41.5 Å². The summed E-state index contributed by atoms with van der Waals surface area (Å²) in [4.78, 5) is 41.8. The number of ether oxygens (including phenoxy) is 6. The van der Waals surface area contributed by atoms with Crippen LogP contribution in [-0.2, 0) is 14.2 Å². The largest absolute Gasteiger partial charge is 0.493 e. The SMILES string of the molecule is CCCCCOC(=O)c1cc2c(cc1OCCCCC)c1cc(C(=O)OCCCCC)c(OCCCCC)cc1c1cc(C(=O)OCCCCC)c(OCCCCC)cc21. The van der Waals surface area contributed by atoms with E-state index in [1.165, 1.54) is 0 Å². The molecule has 0 spiro atoms. The standard InChI is InChI=1S/C51H72O9/c1-7-13-19-25-55-46-34-40-37(31-43(46)49(52)58-28-22-16-10-4)41-35-47(56-26-20-14-8-2)45(51(54)60-30-24-18-12-6)33-39(41)42-36-48(57-27-21-15-9-3)44(32-38(40)42)50(53)59-29-23-17-11-5/h31-36H,7-30H2,1-6H3. The summed E-state index contributed by atoms with van der Waals surface area (Å²) in [7, 11) is 0. The highest BCUT2D eigenvalue weighted by Crippen LogP contribution is 2.43. The molecule has 0 fully saturated rings. The predicted molar refractivity (Wildman–Crippen MR) is 243 cm³/mol. The lowest BCUT2D eigenvalue weighted by Crippen LogP contribution is -2.12. The van der Waals surface area contributed by atoms with E-state index in [4.69, 9.17) is 28.4 Å². The number of carbonyl (C=O) groups is 3. The summed E-state index contributed by atoms with van der Waals surface area (Å²) in [5, 5.41) is 4.52. The summed E-state index contributed by atoms with van der Waals surface area (Å²) in [5.41, 5.74) is 0.979. The van der Waals surface area contributed by atoms with Crippen molar-refractivity contribution in [3.05, 3.63) is 53.1 Å². The lowest BCUT2D eigenvalue weighted by Gasteiger charge is -2.20. The third-order valence-electron chi connectivity index (χ3n) is 10.8. The maximum atomic E-state index is 13.9. The maximum Gasteiger partial charge on any atom is 0.341 e. The Kier molecular flexibility index (Phi) is 21.4. The molecule has 9 heteroatoms. The van der Waals surface area contributed by atoms with E-state index in [0.717, 1.165) is 148 Å². The van der Waals surface area contributed by atoms with Crippen molar-refractivity contribution >= 4 is 50.2 Å². The molecule has 0 aliphatic rings. The molecule has 0 unspecified atom stereocenters. The molecule has 9 nitrogen and oxygen atoms in total. The highest BCUT2D eigenvalue weighted by atomic mass is 16.5. The monoisotopic (exact) mass is 829 g/mol. The van der Waals surface area contributed by atoms with Crippen LogP contribution in [0.2, 0.25) is 0 Å². The minimum absolute atomic E-state index is 0.308. The maximum absolute atomic E-state index is 13.9. The van der Waals surface area contributed by atoms with Gasteiger partial charge in [0.15, 0.2) is 0 Å². The first-order valence-electron chi connectivity index (χ1n) is 23.3. The first-order valence-corrected chi connectivity index (χ1v) is 23.3. The fourth-order valence-electron chi connectivity index (χ4n) is 7.30. The third kappa shape index (κ3) is 13.8. The van der Waals surface area contributed by atoms with Crippen LogP contribution in [0.4, 0.5) is 0 Å². The Balaban J connectivity index is 2.08. The number of unbranched alkanes of at least 4 members (excludes halogenated alkanes) is 12. The fourth-order valence-corrected chi connectivity index (χ4v) is 7.30. The smallest absolute Gasteiger partial charge is 0.341 e. The number of hydrogen-bond donors (Lipinski definition) is 0. The molecule has 4 aromatic carbocycles. The Morgan fingerprint density at radius 3 is 0.767 bits per heavy atom. The van der Waals surface area contributed by atoms with Gasteiger partial charge < -0.3 is 28.4 Å². The summed E-state index contributed by atoms with van der Waals surface area (Å²) in [6.07, 6.45) is 16.8. The van der Waals surface area contributed by atoms with Gasteiger partial charge in [-0.2, -0.15) is 0 Å². The van der Waals surface area contributed by atoms with E-state index in [1.54, 1.807) is 0 Å². The molecule has 0 aliphatic heterocycles. The van der Waals surface area contributed by atoms with Gasteiger partial charge in [-0.05, 0) is 107 Å². The normalized spacial score (nSPS) is 11.3. The van der Waals surface area contributed by atoms with E-state index >= 15 is 0 Å². The van der Waals surface area contributed by atoms with Crippen molar-refractivity contribution in [3.8, 4) is 17.2 Å². The highest BCUT2D eigenvalue weighted by Gasteiger charge is 2.25. The quantitative estimate of drug-likeness (QED) is 0.0220. The molecular weight excluding hydrogens is 757 g/mol. The second-order valence-corrected chi connectivity index (χ2v) is 15.9. The molecule has 0 atom stereocenters. The third-order valence-corrected chi connectivity index (χ3v) is 10.8. The Morgan fingerprint density at radius 1 is 0.317 bits per heavy atom. The van der Waals surface area contributed by atoms with Crippen molar-refractivity contribution in [1.82, 2.24) is 0 Å². The number of hydrogen-bond acceptors (Lipinski definition) is 9. The van der Waals surface area contributed by atoms with Crippen molar-refractivity contribution in [3.63, 3.8) is 0 Å². The van der Waals surface area contributed by atoms with Gasteiger partial charge in [0.05, 0.1) is 39.6 Å². The van der Waals surface area contributed by atoms with Crippen molar-refractivity contribution < 1.29 is 42.8 Å². The van der Waals surface area contributed by atoms with Gasteiger partial charge in [0.25, 0.3) is 0 Å². The molecule has 0 amide bonds. The van der Waals surface area contributed by atoms with E-state index in [0.29, 0.717) is 73.6 Å². The topological polar surface area (TPSA) is 107 Å². The van der Waals surface area contributed by atoms with Gasteiger partial charge in [-0.3, -0.25) is 0 Å². The van der Waals surface area contributed by atoms with Crippen LogP contribution in [0.25, 0.3) is 32.3 Å². The second-order valence-electron chi connectivity index (χ2n) is 15.9. The number of rotatable bonds is 30. The average Bonchev–Trinajstić information content (AvgIpc) is 3.26. The highest BCUT2D eigenvalue weighted by molar-refractivity contribution is 6.28. The van der Waals surface area contributed by atoms with Gasteiger partial charge in [0.2, 0.25) is 0 Å². The number of esters is 3. The first kappa shape index (κ1) is 48.1. The van der Waals surface area contributed by atoms with Crippen LogP contribution in [0, 0.1) is 0 Å². The van der Waals surface area contributed by atoms with E-state index in [9.17, 15) is 14.4 Å². The van der Waals surface area contributed by atoms with Crippen molar-refractivity contribution in [2.45, 2.75) is 157 Å². The molecule has 0 bridgehead atoms. The van der Waals surface area contributed by atoms with E-state index in [1.807, 2.05) is 36.4 Å². The minimum atomic E-state index is -0.456. The fraction of sp³-hybridized carbons (Fsp3) is 0.588. The Hall–Kier alpha value is -4.53. The molecule has 0 aliphatic carbocycles. The number of carbonyl (C=O) groups excluding carboxylic acids is 3. The average molecular weight is 829 g/mol. The van der Waals surface area contributed by atoms with Crippen LogP contribution in [0.3, 0.4) is 0 Å². The molecule has 330 valence electrons. The van der Waals surface area contributed by atoms with Crippen LogP contribution < -0.4 is 14.2 Å². The molecule has 0 saturated carbocycles. The summed E-state index contributed by atoms with van der Waals surface area (Å²) in [6.45, 7) is 15.0. The molecule has 0 heterocycles. The summed E-state index contributed by atoms with van der Waals surface area (Å²) < 4.78 is 36.8.